The molecule has 1 fully saturated rings. The lowest BCUT2D eigenvalue weighted by atomic mass is 9.98. The van der Waals surface area contributed by atoms with Crippen molar-refractivity contribution < 1.29 is 9.50 Å². The van der Waals surface area contributed by atoms with Crippen LogP contribution in [0, 0.1) is 5.82 Å². The monoisotopic (exact) mass is 316 g/mol. The predicted molar refractivity (Wildman–Crippen MR) is 75.2 cm³/mol. The van der Waals surface area contributed by atoms with Crippen molar-refractivity contribution in [3.63, 3.8) is 0 Å². The summed E-state index contributed by atoms with van der Waals surface area (Å²) in [6.45, 7) is 3.34. The summed E-state index contributed by atoms with van der Waals surface area (Å²) in [4.78, 5) is 2.05. The van der Waals surface area contributed by atoms with Crippen molar-refractivity contribution in [2.24, 2.45) is 0 Å². The number of nitrogens with zero attached hydrogens (tertiary/aromatic N) is 1. The van der Waals surface area contributed by atoms with Crippen LogP contribution in [0.2, 0.25) is 0 Å². The lowest BCUT2D eigenvalue weighted by Gasteiger charge is -2.25. The Kier molecular flexibility index (Phi) is 3.82. The molecule has 18 heavy (non-hydrogen) atoms. The molecule has 1 aliphatic heterocycles. The fraction of sp³-hybridized carbons (Fsp3) is 0.538. The van der Waals surface area contributed by atoms with Crippen molar-refractivity contribution in [3.8, 4) is 0 Å². The largest absolute Gasteiger partial charge is 0.397 e. The van der Waals surface area contributed by atoms with E-state index in [1.807, 2.05) is 11.8 Å². The molecule has 0 aliphatic carbocycles. The molecule has 1 saturated heterocycles. The van der Waals surface area contributed by atoms with Crippen molar-refractivity contribution in [1.29, 1.82) is 0 Å². The molecule has 100 valence electrons. The minimum absolute atomic E-state index is 0.310. The normalized spacial score (nSPS) is 25.0. The number of anilines is 2. The molecule has 0 spiro atoms. The van der Waals surface area contributed by atoms with Gasteiger partial charge in [-0.2, -0.15) is 0 Å². The SMILES string of the molecule is CC1(O)CCCN(c2cc(F)c(Br)cc2N)CC1. The fourth-order valence-corrected chi connectivity index (χ4v) is 2.69. The molecule has 5 heteroatoms. The van der Waals surface area contributed by atoms with Crippen molar-refractivity contribution in [2.45, 2.75) is 31.8 Å². The molecule has 3 N–H and O–H groups in total. The summed E-state index contributed by atoms with van der Waals surface area (Å²) < 4.78 is 14.0. The topological polar surface area (TPSA) is 49.5 Å². The number of hydrogen-bond acceptors (Lipinski definition) is 3. The third-order valence-corrected chi connectivity index (χ3v) is 4.08. The first-order valence-electron chi connectivity index (χ1n) is 6.11. The average molecular weight is 317 g/mol. The summed E-state index contributed by atoms with van der Waals surface area (Å²) in [6, 6.07) is 3.05. The molecule has 1 aliphatic rings. The minimum atomic E-state index is -0.628. The zero-order valence-corrected chi connectivity index (χ0v) is 12.0. The first-order valence-corrected chi connectivity index (χ1v) is 6.90. The lowest BCUT2D eigenvalue weighted by molar-refractivity contribution is 0.0481. The van der Waals surface area contributed by atoms with Crippen LogP contribution in [0.1, 0.15) is 26.2 Å². The van der Waals surface area contributed by atoms with Crippen LogP contribution >= 0.6 is 15.9 Å². The number of nitrogens with two attached hydrogens (primary N) is 1. The van der Waals surface area contributed by atoms with Gasteiger partial charge in [0.2, 0.25) is 0 Å². The molecule has 1 heterocycles. The number of nitrogen functional groups attached to an aromatic ring is 1. The van der Waals surface area contributed by atoms with Gasteiger partial charge in [0, 0.05) is 19.2 Å². The highest BCUT2D eigenvalue weighted by Crippen LogP contribution is 2.32. The van der Waals surface area contributed by atoms with Crippen LogP contribution in [0.25, 0.3) is 0 Å². The van der Waals surface area contributed by atoms with E-state index in [1.54, 1.807) is 6.07 Å². The molecule has 1 aromatic rings. The van der Waals surface area contributed by atoms with Gasteiger partial charge in [0.25, 0.3) is 0 Å². The maximum Gasteiger partial charge on any atom is 0.139 e. The summed E-state index contributed by atoms with van der Waals surface area (Å²) >= 11 is 3.12. The highest BCUT2D eigenvalue weighted by atomic mass is 79.9. The summed E-state index contributed by atoms with van der Waals surface area (Å²) in [5.74, 6) is -0.310. The number of benzene rings is 1. The second-order valence-corrected chi connectivity index (χ2v) is 6.02. The maximum atomic E-state index is 13.6. The van der Waals surface area contributed by atoms with E-state index in [-0.39, 0.29) is 5.82 Å². The molecule has 0 amide bonds. The van der Waals surface area contributed by atoms with Crippen molar-refractivity contribution in [2.75, 3.05) is 23.7 Å². The zero-order chi connectivity index (χ0) is 13.3. The third kappa shape index (κ3) is 2.95. The van der Waals surface area contributed by atoms with Gasteiger partial charge in [-0.1, -0.05) is 0 Å². The predicted octanol–water partition coefficient (Wildman–Crippen LogP) is 2.91. The molecule has 1 unspecified atom stereocenters. The van der Waals surface area contributed by atoms with Crippen LogP contribution in [0.3, 0.4) is 0 Å². The number of rotatable bonds is 1. The Morgan fingerprint density at radius 2 is 2.11 bits per heavy atom. The fourth-order valence-electron chi connectivity index (χ4n) is 2.33. The van der Waals surface area contributed by atoms with Crippen molar-refractivity contribution >= 4 is 27.3 Å². The summed E-state index contributed by atoms with van der Waals surface area (Å²) in [7, 11) is 0. The van der Waals surface area contributed by atoms with Gasteiger partial charge < -0.3 is 15.7 Å². The summed E-state index contributed by atoms with van der Waals surface area (Å²) in [5, 5.41) is 10.0. The van der Waals surface area contributed by atoms with Crippen LogP contribution in [0.4, 0.5) is 15.8 Å². The first-order chi connectivity index (χ1) is 8.39. The van der Waals surface area contributed by atoms with Gasteiger partial charge in [-0.3, -0.25) is 0 Å². The smallest absolute Gasteiger partial charge is 0.139 e. The Labute approximate surface area is 115 Å². The van der Waals surface area contributed by atoms with E-state index >= 15 is 0 Å². The van der Waals surface area contributed by atoms with Crippen LogP contribution in [0.5, 0.6) is 0 Å². The average Bonchev–Trinajstić information content (AvgIpc) is 2.45. The van der Waals surface area contributed by atoms with Crippen molar-refractivity contribution in [3.05, 3.63) is 22.4 Å². The molecule has 2 rings (SSSR count). The Morgan fingerprint density at radius 1 is 1.39 bits per heavy atom. The van der Waals surface area contributed by atoms with E-state index in [1.165, 1.54) is 6.07 Å². The van der Waals surface area contributed by atoms with E-state index in [4.69, 9.17) is 5.73 Å². The molecule has 3 nitrogen and oxygen atoms in total. The van der Waals surface area contributed by atoms with Crippen LogP contribution in [-0.4, -0.2) is 23.8 Å². The molecule has 1 aromatic carbocycles. The Balaban J connectivity index is 2.24. The molecule has 0 saturated carbocycles. The van der Waals surface area contributed by atoms with Crippen LogP contribution in [0.15, 0.2) is 16.6 Å². The highest BCUT2D eigenvalue weighted by molar-refractivity contribution is 9.10. The Hall–Kier alpha value is -0.810. The molecule has 0 aromatic heterocycles. The van der Waals surface area contributed by atoms with Gasteiger partial charge >= 0.3 is 0 Å². The van der Waals surface area contributed by atoms with Gasteiger partial charge in [0.05, 0.1) is 21.4 Å². The van der Waals surface area contributed by atoms with Crippen LogP contribution in [-0.2, 0) is 0 Å². The molecular weight excluding hydrogens is 299 g/mol. The summed E-state index contributed by atoms with van der Waals surface area (Å²) in [6.07, 6.45) is 2.32. The van der Waals surface area contributed by atoms with Gasteiger partial charge in [-0.25, -0.2) is 4.39 Å². The number of hydrogen-bond donors (Lipinski definition) is 2. The Morgan fingerprint density at radius 3 is 2.83 bits per heavy atom. The van der Waals surface area contributed by atoms with E-state index in [0.29, 0.717) is 28.8 Å². The number of aliphatic hydroxyl groups is 1. The van der Waals surface area contributed by atoms with Gasteiger partial charge in [0.1, 0.15) is 5.82 Å². The quantitative estimate of drug-likeness (QED) is 0.783. The van der Waals surface area contributed by atoms with Gasteiger partial charge in [-0.05, 0) is 48.2 Å². The molecular formula is C13H18BrFN2O. The van der Waals surface area contributed by atoms with Gasteiger partial charge in [-0.15, -0.1) is 0 Å². The van der Waals surface area contributed by atoms with Crippen LogP contribution < -0.4 is 10.6 Å². The molecule has 0 radical (unpaired) electrons. The van der Waals surface area contributed by atoms with E-state index in [2.05, 4.69) is 15.9 Å². The van der Waals surface area contributed by atoms with Crippen molar-refractivity contribution in [1.82, 2.24) is 0 Å². The van der Waals surface area contributed by atoms with E-state index in [9.17, 15) is 9.50 Å². The number of halogens is 2. The minimum Gasteiger partial charge on any atom is -0.397 e. The summed E-state index contributed by atoms with van der Waals surface area (Å²) in [5.41, 5.74) is 6.59. The maximum absolute atomic E-state index is 13.6. The second kappa shape index (κ2) is 5.05. The lowest BCUT2D eigenvalue weighted by Crippen LogP contribution is -2.28. The third-order valence-electron chi connectivity index (χ3n) is 3.47. The standard InChI is InChI=1S/C13H18BrFN2O/c1-13(18)3-2-5-17(6-4-13)12-8-10(15)9(14)7-11(12)16/h7-8,18H,2-6,16H2,1H3. The van der Waals surface area contributed by atoms with E-state index in [0.717, 1.165) is 19.4 Å². The first kappa shape index (κ1) is 13.6. The zero-order valence-electron chi connectivity index (χ0n) is 10.4. The Bertz CT molecular complexity index is 451. The highest BCUT2D eigenvalue weighted by Gasteiger charge is 2.26. The van der Waals surface area contributed by atoms with Gasteiger partial charge in [0.15, 0.2) is 0 Å². The van der Waals surface area contributed by atoms with E-state index < -0.39 is 5.60 Å². The second-order valence-electron chi connectivity index (χ2n) is 5.16. The molecule has 0 bridgehead atoms. The molecule has 1 atom stereocenters.